The van der Waals surface area contributed by atoms with Crippen molar-refractivity contribution in [1.82, 2.24) is 4.90 Å². The molecule has 1 heterocycles. The van der Waals surface area contributed by atoms with Crippen LogP contribution in [0.5, 0.6) is 0 Å². The van der Waals surface area contributed by atoms with Gasteiger partial charge < -0.3 is 11.1 Å². The van der Waals surface area contributed by atoms with Gasteiger partial charge in [-0.15, -0.1) is 12.4 Å². The first-order valence-electron chi connectivity index (χ1n) is 6.96. The maximum absolute atomic E-state index is 10.9. The van der Waals surface area contributed by atoms with Crippen LogP contribution in [0.3, 0.4) is 0 Å². The first-order chi connectivity index (χ1) is 9.17. The molecule has 112 valence electrons. The molecule has 0 radical (unpaired) electrons. The van der Waals surface area contributed by atoms with Crippen molar-refractivity contribution in [1.29, 1.82) is 0 Å². The topological polar surface area (TPSA) is 58.4 Å². The van der Waals surface area contributed by atoms with E-state index in [2.05, 4.69) is 22.3 Å². The standard InChI is InChI=1S/C15H23N3O.ClH/c1-12(19)17-15-4-2-14(3-5-15)11-18-8-6-13(10-16)7-9-18;/h2-5,13H,6-11,16H2,1H3,(H,17,19);1H. The SMILES string of the molecule is CC(=O)Nc1ccc(CN2CCC(CN)CC2)cc1.Cl. The zero-order valence-electron chi connectivity index (χ0n) is 12.0. The predicted octanol–water partition coefficient (Wildman–Crippen LogP) is 2.24. The van der Waals surface area contributed by atoms with Crippen molar-refractivity contribution in [2.75, 3.05) is 25.0 Å². The van der Waals surface area contributed by atoms with Crippen LogP contribution in [0.15, 0.2) is 24.3 Å². The minimum atomic E-state index is -0.0309. The number of hydrogen-bond donors (Lipinski definition) is 2. The molecule has 0 aliphatic carbocycles. The Morgan fingerprint density at radius 2 is 1.90 bits per heavy atom. The van der Waals surface area contributed by atoms with Gasteiger partial charge in [0.1, 0.15) is 0 Å². The average molecular weight is 298 g/mol. The number of nitrogens with zero attached hydrogens (tertiary/aromatic N) is 1. The van der Waals surface area contributed by atoms with Crippen LogP contribution < -0.4 is 11.1 Å². The smallest absolute Gasteiger partial charge is 0.221 e. The predicted molar refractivity (Wildman–Crippen MR) is 85.0 cm³/mol. The molecule has 1 aliphatic heterocycles. The van der Waals surface area contributed by atoms with Crippen molar-refractivity contribution < 1.29 is 4.79 Å². The summed E-state index contributed by atoms with van der Waals surface area (Å²) in [5.74, 6) is 0.676. The van der Waals surface area contributed by atoms with Gasteiger partial charge >= 0.3 is 0 Å². The lowest BCUT2D eigenvalue weighted by atomic mass is 9.97. The number of halogens is 1. The number of piperidine rings is 1. The third kappa shape index (κ3) is 5.12. The molecular weight excluding hydrogens is 274 g/mol. The quantitative estimate of drug-likeness (QED) is 0.896. The normalized spacial score (nSPS) is 16.5. The Morgan fingerprint density at radius 1 is 1.30 bits per heavy atom. The summed E-state index contributed by atoms with van der Waals surface area (Å²) in [5, 5.41) is 2.78. The maximum Gasteiger partial charge on any atom is 0.221 e. The second-order valence-electron chi connectivity index (χ2n) is 5.33. The molecule has 20 heavy (non-hydrogen) atoms. The zero-order chi connectivity index (χ0) is 13.7. The van der Waals surface area contributed by atoms with Crippen LogP contribution in [0.1, 0.15) is 25.3 Å². The molecule has 1 fully saturated rings. The Morgan fingerprint density at radius 3 is 2.40 bits per heavy atom. The Kier molecular flexibility index (Phi) is 6.99. The molecule has 4 nitrogen and oxygen atoms in total. The Balaban J connectivity index is 0.00000200. The maximum atomic E-state index is 10.9. The Labute approximate surface area is 127 Å². The number of amides is 1. The first kappa shape index (κ1) is 17.0. The van der Waals surface area contributed by atoms with Crippen LogP contribution in [-0.2, 0) is 11.3 Å². The van der Waals surface area contributed by atoms with Gasteiger partial charge in [-0.2, -0.15) is 0 Å². The van der Waals surface area contributed by atoms with Crippen molar-refractivity contribution in [3.63, 3.8) is 0 Å². The molecule has 1 aromatic carbocycles. The molecule has 0 spiro atoms. The van der Waals surface area contributed by atoms with Gasteiger partial charge in [0.2, 0.25) is 5.91 Å². The van der Waals surface area contributed by atoms with Crippen LogP contribution in [0.4, 0.5) is 5.69 Å². The molecule has 0 atom stereocenters. The molecule has 0 unspecified atom stereocenters. The zero-order valence-corrected chi connectivity index (χ0v) is 12.8. The van der Waals surface area contributed by atoms with Gasteiger partial charge in [0.25, 0.3) is 0 Å². The molecular formula is C15H24ClN3O. The van der Waals surface area contributed by atoms with Gasteiger partial charge in [0.05, 0.1) is 0 Å². The van der Waals surface area contributed by atoms with Gasteiger partial charge in [-0.25, -0.2) is 0 Å². The summed E-state index contributed by atoms with van der Waals surface area (Å²) in [4.78, 5) is 13.4. The number of carbonyl (C=O) groups excluding carboxylic acids is 1. The number of likely N-dealkylation sites (tertiary alicyclic amines) is 1. The highest BCUT2D eigenvalue weighted by Gasteiger charge is 2.17. The number of nitrogens with one attached hydrogen (secondary N) is 1. The highest BCUT2D eigenvalue weighted by Crippen LogP contribution is 2.18. The number of rotatable bonds is 4. The van der Waals surface area contributed by atoms with Crippen molar-refractivity contribution in [2.45, 2.75) is 26.3 Å². The van der Waals surface area contributed by atoms with Crippen LogP contribution >= 0.6 is 12.4 Å². The van der Waals surface area contributed by atoms with E-state index in [1.54, 1.807) is 0 Å². The molecule has 0 bridgehead atoms. The van der Waals surface area contributed by atoms with Gasteiger partial charge in [0.15, 0.2) is 0 Å². The number of nitrogens with two attached hydrogens (primary N) is 1. The lowest BCUT2D eigenvalue weighted by Gasteiger charge is -2.31. The first-order valence-corrected chi connectivity index (χ1v) is 6.96. The summed E-state index contributed by atoms with van der Waals surface area (Å²) in [6.07, 6.45) is 2.42. The summed E-state index contributed by atoms with van der Waals surface area (Å²) in [7, 11) is 0. The van der Waals surface area contributed by atoms with Gasteiger partial charge in [-0.3, -0.25) is 9.69 Å². The molecule has 1 aliphatic rings. The van der Waals surface area contributed by atoms with Crippen molar-refractivity contribution in [3.8, 4) is 0 Å². The molecule has 1 amide bonds. The van der Waals surface area contributed by atoms with E-state index in [0.717, 1.165) is 31.9 Å². The summed E-state index contributed by atoms with van der Waals surface area (Å²) >= 11 is 0. The second kappa shape index (κ2) is 8.25. The van der Waals surface area contributed by atoms with Crippen molar-refractivity contribution in [2.24, 2.45) is 11.7 Å². The average Bonchev–Trinajstić information content (AvgIpc) is 2.41. The van der Waals surface area contributed by atoms with E-state index in [9.17, 15) is 4.79 Å². The number of anilines is 1. The lowest BCUT2D eigenvalue weighted by molar-refractivity contribution is -0.114. The molecule has 1 aromatic rings. The van der Waals surface area contributed by atoms with Crippen molar-refractivity contribution >= 4 is 24.0 Å². The monoisotopic (exact) mass is 297 g/mol. The lowest BCUT2D eigenvalue weighted by Crippen LogP contribution is -2.35. The van der Waals surface area contributed by atoms with Gasteiger partial charge in [-0.05, 0) is 56.1 Å². The van der Waals surface area contributed by atoms with Crippen LogP contribution in [0.2, 0.25) is 0 Å². The largest absolute Gasteiger partial charge is 0.330 e. The summed E-state index contributed by atoms with van der Waals surface area (Å²) in [6.45, 7) is 5.59. The fraction of sp³-hybridized carbons (Fsp3) is 0.533. The third-order valence-corrected chi connectivity index (χ3v) is 3.72. The van der Waals surface area contributed by atoms with Crippen LogP contribution in [0, 0.1) is 5.92 Å². The highest BCUT2D eigenvalue weighted by atomic mass is 35.5. The molecule has 0 aromatic heterocycles. The van der Waals surface area contributed by atoms with E-state index in [1.807, 2.05) is 12.1 Å². The van der Waals surface area contributed by atoms with E-state index >= 15 is 0 Å². The van der Waals surface area contributed by atoms with Crippen LogP contribution in [-0.4, -0.2) is 30.4 Å². The third-order valence-electron chi connectivity index (χ3n) is 3.72. The van der Waals surface area contributed by atoms with E-state index in [0.29, 0.717) is 5.92 Å². The minimum Gasteiger partial charge on any atom is -0.330 e. The second-order valence-corrected chi connectivity index (χ2v) is 5.33. The number of hydrogen-bond acceptors (Lipinski definition) is 3. The van der Waals surface area contributed by atoms with E-state index < -0.39 is 0 Å². The van der Waals surface area contributed by atoms with Gasteiger partial charge in [-0.1, -0.05) is 12.1 Å². The highest BCUT2D eigenvalue weighted by molar-refractivity contribution is 5.88. The van der Waals surface area contributed by atoms with E-state index in [4.69, 9.17) is 5.73 Å². The van der Waals surface area contributed by atoms with Crippen LogP contribution in [0.25, 0.3) is 0 Å². The van der Waals surface area contributed by atoms with E-state index in [-0.39, 0.29) is 18.3 Å². The molecule has 0 saturated carbocycles. The summed E-state index contributed by atoms with van der Waals surface area (Å²) < 4.78 is 0. The fourth-order valence-corrected chi connectivity index (χ4v) is 2.54. The van der Waals surface area contributed by atoms with Gasteiger partial charge in [0, 0.05) is 19.2 Å². The molecule has 2 rings (SSSR count). The molecule has 5 heteroatoms. The minimum absolute atomic E-state index is 0. The number of carbonyl (C=O) groups is 1. The molecule has 1 saturated heterocycles. The van der Waals surface area contributed by atoms with Crippen molar-refractivity contribution in [3.05, 3.63) is 29.8 Å². The summed E-state index contributed by atoms with van der Waals surface area (Å²) in [6, 6.07) is 8.09. The summed E-state index contributed by atoms with van der Waals surface area (Å²) in [5.41, 5.74) is 7.86. The number of benzene rings is 1. The fourth-order valence-electron chi connectivity index (χ4n) is 2.54. The Bertz CT molecular complexity index is 414. The molecule has 3 N–H and O–H groups in total. The van der Waals surface area contributed by atoms with E-state index in [1.165, 1.54) is 25.3 Å². The Hall–Kier alpha value is -1.10.